The predicted octanol–water partition coefficient (Wildman–Crippen LogP) is 4.07. The molecule has 3 rings (SSSR count). The van der Waals surface area contributed by atoms with E-state index >= 15 is 0 Å². The smallest absolute Gasteiger partial charge is 0.416 e. The predicted molar refractivity (Wildman–Crippen MR) is 74.4 cm³/mol. The summed E-state index contributed by atoms with van der Waals surface area (Å²) in [5.41, 5.74) is -0.414. The molecule has 2 nitrogen and oxygen atoms in total. The standard InChI is InChI=1S/C16H20F3NO/c1-10-14(16(17,18)19)6-3-7-15(10)21-13-8-11-4-2-5-12(9-13)20-11/h3,6-7,11-13,20H,2,4-5,8-9H2,1H3/t11-,12+,13?. The van der Waals surface area contributed by atoms with Crippen LogP contribution in [0.5, 0.6) is 5.75 Å². The van der Waals surface area contributed by atoms with Crippen LogP contribution in [-0.2, 0) is 6.18 Å². The number of piperidine rings is 2. The molecule has 1 aromatic carbocycles. The van der Waals surface area contributed by atoms with Crippen molar-refractivity contribution in [1.82, 2.24) is 5.32 Å². The van der Waals surface area contributed by atoms with Crippen LogP contribution < -0.4 is 10.1 Å². The first kappa shape index (κ1) is 14.7. The van der Waals surface area contributed by atoms with E-state index in [0.717, 1.165) is 31.7 Å². The number of hydrogen-bond acceptors (Lipinski definition) is 2. The Morgan fingerprint density at radius 1 is 1.14 bits per heavy atom. The fraction of sp³-hybridized carbons (Fsp3) is 0.625. The number of ether oxygens (including phenoxy) is 1. The Kier molecular flexibility index (Phi) is 3.86. The Hall–Kier alpha value is -1.23. The lowest BCUT2D eigenvalue weighted by atomic mass is 9.85. The molecule has 0 aliphatic carbocycles. The molecule has 21 heavy (non-hydrogen) atoms. The normalized spacial score (nSPS) is 29.2. The second kappa shape index (κ2) is 5.52. The molecule has 2 heterocycles. The molecular formula is C16H20F3NO. The molecule has 1 N–H and O–H groups in total. The lowest BCUT2D eigenvalue weighted by Crippen LogP contribution is -2.51. The maximum absolute atomic E-state index is 12.9. The molecule has 1 unspecified atom stereocenters. The van der Waals surface area contributed by atoms with Gasteiger partial charge in [0.2, 0.25) is 0 Å². The van der Waals surface area contributed by atoms with Gasteiger partial charge >= 0.3 is 6.18 Å². The van der Waals surface area contributed by atoms with Gasteiger partial charge in [-0.3, -0.25) is 0 Å². The highest BCUT2D eigenvalue weighted by atomic mass is 19.4. The number of alkyl halides is 3. The molecule has 2 aliphatic rings. The van der Waals surface area contributed by atoms with Crippen molar-refractivity contribution < 1.29 is 17.9 Å². The molecule has 2 saturated heterocycles. The molecule has 0 radical (unpaired) electrons. The van der Waals surface area contributed by atoms with Crippen molar-refractivity contribution in [2.24, 2.45) is 0 Å². The Morgan fingerprint density at radius 2 is 1.81 bits per heavy atom. The zero-order valence-corrected chi connectivity index (χ0v) is 12.0. The topological polar surface area (TPSA) is 21.3 Å². The largest absolute Gasteiger partial charge is 0.490 e. The molecule has 2 aliphatic heterocycles. The Balaban J connectivity index is 1.76. The van der Waals surface area contributed by atoms with E-state index in [-0.39, 0.29) is 11.7 Å². The van der Waals surface area contributed by atoms with Gasteiger partial charge in [0.25, 0.3) is 0 Å². The Bertz CT molecular complexity index is 503. The summed E-state index contributed by atoms with van der Waals surface area (Å²) in [4.78, 5) is 0. The first-order valence-corrected chi connectivity index (χ1v) is 7.53. The van der Waals surface area contributed by atoms with Crippen LogP contribution in [0.3, 0.4) is 0 Å². The third-order valence-corrected chi connectivity index (χ3v) is 4.55. The van der Waals surface area contributed by atoms with E-state index in [1.54, 1.807) is 6.07 Å². The first-order valence-electron chi connectivity index (χ1n) is 7.53. The van der Waals surface area contributed by atoms with E-state index < -0.39 is 11.7 Å². The van der Waals surface area contributed by atoms with Gasteiger partial charge in [-0.25, -0.2) is 0 Å². The van der Waals surface area contributed by atoms with Crippen molar-refractivity contribution in [3.05, 3.63) is 29.3 Å². The number of halogens is 3. The van der Waals surface area contributed by atoms with E-state index in [9.17, 15) is 13.2 Å². The zero-order valence-electron chi connectivity index (χ0n) is 12.0. The van der Waals surface area contributed by atoms with Crippen molar-refractivity contribution in [2.75, 3.05) is 0 Å². The number of fused-ring (bicyclic) bond motifs is 2. The summed E-state index contributed by atoms with van der Waals surface area (Å²) in [5.74, 6) is 0.370. The molecular weight excluding hydrogens is 279 g/mol. The van der Waals surface area contributed by atoms with Crippen molar-refractivity contribution in [3.63, 3.8) is 0 Å². The highest BCUT2D eigenvalue weighted by Crippen LogP contribution is 2.37. The zero-order chi connectivity index (χ0) is 15.0. The molecule has 0 spiro atoms. The summed E-state index contributed by atoms with van der Waals surface area (Å²) >= 11 is 0. The first-order chi connectivity index (χ1) is 9.93. The Labute approximate surface area is 122 Å². The van der Waals surface area contributed by atoms with Gasteiger partial charge in [-0.2, -0.15) is 13.2 Å². The van der Waals surface area contributed by atoms with Crippen molar-refractivity contribution in [2.45, 2.75) is 63.4 Å². The van der Waals surface area contributed by atoms with Crippen molar-refractivity contribution >= 4 is 0 Å². The van der Waals surface area contributed by atoms with Crippen LogP contribution in [-0.4, -0.2) is 18.2 Å². The second-order valence-electron chi connectivity index (χ2n) is 6.13. The van der Waals surface area contributed by atoms with Gasteiger partial charge in [0, 0.05) is 17.6 Å². The van der Waals surface area contributed by atoms with E-state index in [4.69, 9.17) is 4.74 Å². The van der Waals surface area contributed by atoms with Crippen molar-refractivity contribution in [3.8, 4) is 5.75 Å². The molecule has 2 bridgehead atoms. The molecule has 5 heteroatoms. The molecule has 2 fully saturated rings. The van der Waals surface area contributed by atoms with E-state index in [2.05, 4.69) is 5.32 Å². The molecule has 1 aromatic rings. The second-order valence-corrected chi connectivity index (χ2v) is 6.13. The summed E-state index contributed by atoms with van der Waals surface area (Å²) in [6, 6.07) is 5.08. The maximum atomic E-state index is 12.9. The van der Waals surface area contributed by atoms with Crippen LogP contribution in [0.25, 0.3) is 0 Å². The fourth-order valence-electron chi connectivity index (χ4n) is 3.54. The lowest BCUT2D eigenvalue weighted by Gasteiger charge is -2.40. The lowest BCUT2D eigenvalue weighted by molar-refractivity contribution is -0.138. The van der Waals surface area contributed by atoms with Crippen LogP contribution in [0.4, 0.5) is 13.2 Å². The van der Waals surface area contributed by atoms with Gasteiger partial charge in [0.1, 0.15) is 11.9 Å². The van der Waals surface area contributed by atoms with Gasteiger partial charge in [0.15, 0.2) is 0 Å². The monoisotopic (exact) mass is 299 g/mol. The van der Waals surface area contributed by atoms with Crippen LogP contribution in [0.15, 0.2) is 18.2 Å². The highest BCUT2D eigenvalue weighted by Gasteiger charge is 2.35. The number of hydrogen-bond donors (Lipinski definition) is 1. The van der Waals surface area contributed by atoms with Crippen LogP contribution in [0.2, 0.25) is 0 Å². The van der Waals surface area contributed by atoms with Gasteiger partial charge in [-0.05, 0) is 44.7 Å². The average molecular weight is 299 g/mol. The van der Waals surface area contributed by atoms with Gasteiger partial charge in [-0.15, -0.1) is 0 Å². The average Bonchev–Trinajstić information content (AvgIpc) is 2.39. The molecule has 0 aromatic heterocycles. The SMILES string of the molecule is Cc1c(OC2C[C@H]3CCC[C@@H](C2)N3)cccc1C(F)(F)F. The molecule has 0 saturated carbocycles. The molecule has 116 valence electrons. The quantitative estimate of drug-likeness (QED) is 0.889. The highest BCUT2D eigenvalue weighted by molar-refractivity contribution is 5.40. The van der Waals surface area contributed by atoms with E-state index in [1.807, 2.05) is 0 Å². The van der Waals surface area contributed by atoms with E-state index in [0.29, 0.717) is 17.8 Å². The minimum absolute atomic E-state index is 0.0173. The third kappa shape index (κ3) is 3.18. The molecule has 3 atom stereocenters. The summed E-state index contributed by atoms with van der Waals surface area (Å²) in [7, 11) is 0. The number of rotatable bonds is 2. The van der Waals surface area contributed by atoms with E-state index in [1.165, 1.54) is 19.4 Å². The summed E-state index contributed by atoms with van der Waals surface area (Å²) in [5, 5.41) is 3.56. The number of nitrogens with one attached hydrogen (secondary N) is 1. The van der Waals surface area contributed by atoms with Gasteiger partial charge in [-0.1, -0.05) is 12.5 Å². The van der Waals surface area contributed by atoms with Gasteiger partial charge < -0.3 is 10.1 Å². The minimum atomic E-state index is -4.33. The Morgan fingerprint density at radius 3 is 2.43 bits per heavy atom. The summed E-state index contributed by atoms with van der Waals surface area (Å²) in [6.45, 7) is 1.49. The third-order valence-electron chi connectivity index (χ3n) is 4.55. The summed E-state index contributed by atoms with van der Waals surface area (Å²) < 4.78 is 44.7. The van der Waals surface area contributed by atoms with Gasteiger partial charge in [0.05, 0.1) is 5.56 Å². The molecule has 0 amide bonds. The van der Waals surface area contributed by atoms with Crippen LogP contribution >= 0.6 is 0 Å². The van der Waals surface area contributed by atoms with Crippen molar-refractivity contribution in [1.29, 1.82) is 0 Å². The number of benzene rings is 1. The van der Waals surface area contributed by atoms with Crippen LogP contribution in [0, 0.1) is 6.92 Å². The fourth-order valence-corrected chi connectivity index (χ4v) is 3.54. The maximum Gasteiger partial charge on any atom is 0.416 e. The summed E-state index contributed by atoms with van der Waals surface area (Å²) in [6.07, 6.45) is 0.962. The van der Waals surface area contributed by atoms with Crippen LogP contribution in [0.1, 0.15) is 43.2 Å². The minimum Gasteiger partial charge on any atom is -0.490 e.